The highest BCUT2D eigenvalue weighted by molar-refractivity contribution is 6.03. The van der Waals surface area contributed by atoms with Gasteiger partial charge in [0.25, 0.3) is 0 Å². The number of hydrogen-bond donors (Lipinski definition) is 2. The van der Waals surface area contributed by atoms with Gasteiger partial charge < -0.3 is 15.5 Å². The molecule has 5 rings (SSSR count). The van der Waals surface area contributed by atoms with Gasteiger partial charge in [-0.1, -0.05) is 6.42 Å². The van der Waals surface area contributed by atoms with E-state index in [-0.39, 0.29) is 11.9 Å². The molecular formula is C21H29N7O. The second kappa shape index (κ2) is 7.00. The van der Waals surface area contributed by atoms with E-state index in [1.807, 2.05) is 32.0 Å². The number of fused-ring (bicyclic) bond motifs is 3. The molecule has 2 aromatic heterocycles. The molecule has 154 valence electrons. The van der Waals surface area contributed by atoms with Gasteiger partial charge in [0.2, 0.25) is 11.9 Å². The van der Waals surface area contributed by atoms with Crippen LogP contribution < -0.4 is 15.5 Å². The number of hydrogen-bond acceptors (Lipinski definition) is 6. The smallest absolute Gasteiger partial charge is 0.246 e. The van der Waals surface area contributed by atoms with Gasteiger partial charge in [0.15, 0.2) is 5.82 Å². The van der Waals surface area contributed by atoms with Crippen molar-refractivity contribution in [2.45, 2.75) is 58.7 Å². The second-order valence-electron chi connectivity index (χ2n) is 8.97. The van der Waals surface area contributed by atoms with Crippen molar-refractivity contribution < 1.29 is 4.79 Å². The lowest BCUT2D eigenvalue weighted by molar-refractivity contribution is -0.117. The van der Waals surface area contributed by atoms with E-state index in [2.05, 4.69) is 36.6 Å². The molecule has 0 radical (unpaired) electrons. The number of carbonyl (C=O) groups is 1. The zero-order chi connectivity index (χ0) is 20.1. The monoisotopic (exact) mass is 395 g/mol. The Balaban J connectivity index is 1.25. The van der Waals surface area contributed by atoms with E-state index in [0.29, 0.717) is 18.2 Å². The molecule has 2 bridgehead atoms. The van der Waals surface area contributed by atoms with Gasteiger partial charge in [-0.25, -0.2) is 4.98 Å². The summed E-state index contributed by atoms with van der Waals surface area (Å²) in [5, 5.41) is 10.8. The Morgan fingerprint density at radius 3 is 2.90 bits per heavy atom. The summed E-state index contributed by atoms with van der Waals surface area (Å²) in [6.07, 6.45) is 9.73. The topological polar surface area (TPSA) is 88.0 Å². The minimum Gasteiger partial charge on any atom is -0.350 e. The van der Waals surface area contributed by atoms with Crippen LogP contribution in [0.15, 0.2) is 12.4 Å². The third-order valence-electron chi connectivity index (χ3n) is 7.06. The Bertz CT molecular complexity index is 939. The highest BCUT2D eigenvalue weighted by Crippen LogP contribution is 2.48. The number of nitrogens with zero attached hydrogens (tertiary/aromatic N) is 5. The molecule has 1 aliphatic heterocycles. The van der Waals surface area contributed by atoms with Crippen LogP contribution >= 0.6 is 0 Å². The summed E-state index contributed by atoms with van der Waals surface area (Å²) in [4.78, 5) is 23.1. The van der Waals surface area contributed by atoms with Crippen molar-refractivity contribution in [3.63, 3.8) is 0 Å². The molecule has 8 heteroatoms. The van der Waals surface area contributed by atoms with Crippen LogP contribution in [0.1, 0.15) is 43.9 Å². The number of carbonyl (C=O) groups excluding carboxylic acids is 1. The largest absolute Gasteiger partial charge is 0.350 e. The molecule has 3 heterocycles. The SMILES string of the molecule is Cc1nc(NCc2cnn(C[C@@H]3C[C@H]4CC[C@@H]3C4)c2)nc2c1NC(=O)[C@H](C)N2C. The molecule has 2 saturated carbocycles. The number of nitrogens with one attached hydrogen (secondary N) is 2. The van der Waals surface area contributed by atoms with E-state index >= 15 is 0 Å². The third kappa shape index (κ3) is 3.34. The van der Waals surface area contributed by atoms with E-state index in [9.17, 15) is 4.79 Å². The average Bonchev–Trinajstić information content (AvgIpc) is 3.43. The Hall–Kier alpha value is -2.64. The minimum atomic E-state index is -0.256. The van der Waals surface area contributed by atoms with Crippen molar-refractivity contribution in [1.29, 1.82) is 0 Å². The fraction of sp³-hybridized carbons (Fsp3) is 0.619. The first-order chi connectivity index (χ1) is 14.0. The van der Waals surface area contributed by atoms with Crippen molar-refractivity contribution in [3.8, 4) is 0 Å². The molecule has 2 aromatic rings. The lowest BCUT2D eigenvalue weighted by atomic mass is 9.89. The van der Waals surface area contributed by atoms with E-state index in [1.54, 1.807) is 0 Å². The first-order valence-corrected chi connectivity index (χ1v) is 10.7. The highest BCUT2D eigenvalue weighted by Gasteiger charge is 2.39. The van der Waals surface area contributed by atoms with Crippen molar-refractivity contribution in [2.75, 3.05) is 22.6 Å². The van der Waals surface area contributed by atoms with Gasteiger partial charge in [-0.2, -0.15) is 10.1 Å². The van der Waals surface area contributed by atoms with Crippen molar-refractivity contribution in [1.82, 2.24) is 19.7 Å². The number of aromatic nitrogens is 4. The van der Waals surface area contributed by atoms with E-state index < -0.39 is 0 Å². The molecule has 3 aliphatic rings. The fourth-order valence-electron chi connectivity index (χ4n) is 5.24. The van der Waals surface area contributed by atoms with Crippen LogP contribution in [0.2, 0.25) is 0 Å². The summed E-state index contributed by atoms with van der Waals surface area (Å²) < 4.78 is 2.10. The maximum absolute atomic E-state index is 12.0. The Morgan fingerprint density at radius 2 is 2.14 bits per heavy atom. The molecule has 0 spiro atoms. The van der Waals surface area contributed by atoms with Gasteiger partial charge in [-0.3, -0.25) is 9.48 Å². The zero-order valence-corrected chi connectivity index (χ0v) is 17.4. The summed E-state index contributed by atoms with van der Waals surface area (Å²) in [5.74, 6) is 3.97. The number of aryl methyl sites for hydroxylation is 1. The summed E-state index contributed by atoms with van der Waals surface area (Å²) in [6, 6.07) is -0.256. The van der Waals surface area contributed by atoms with Gasteiger partial charge in [-0.05, 0) is 50.9 Å². The summed E-state index contributed by atoms with van der Waals surface area (Å²) >= 11 is 0. The van der Waals surface area contributed by atoms with Crippen LogP contribution in [0.5, 0.6) is 0 Å². The average molecular weight is 396 g/mol. The molecule has 0 unspecified atom stereocenters. The lowest BCUT2D eigenvalue weighted by Gasteiger charge is -2.32. The Kier molecular flexibility index (Phi) is 4.44. The molecule has 4 atom stereocenters. The highest BCUT2D eigenvalue weighted by atomic mass is 16.2. The van der Waals surface area contributed by atoms with Gasteiger partial charge in [-0.15, -0.1) is 0 Å². The second-order valence-corrected chi connectivity index (χ2v) is 8.97. The number of anilines is 3. The van der Waals surface area contributed by atoms with Crippen molar-refractivity contribution in [2.24, 2.45) is 17.8 Å². The molecule has 29 heavy (non-hydrogen) atoms. The van der Waals surface area contributed by atoms with E-state index in [4.69, 9.17) is 0 Å². The predicted molar refractivity (Wildman–Crippen MR) is 112 cm³/mol. The quantitative estimate of drug-likeness (QED) is 0.809. The molecule has 1 amide bonds. The minimum absolute atomic E-state index is 0.0321. The van der Waals surface area contributed by atoms with Gasteiger partial charge in [0.1, 0.15) is 11.7 Å². The molecule has 2 fully saturated rings. The van der Waals surface area contributed by atoms with Crippen LogP contribution in [-0.2, 0) is 17.9 Å². The maximum atomic E-state index is 12.0. The summed E-state index contributed by atoms with van der Waals surface area (Å²) in [7, 11) is 1.89. The number of amides is 1. The normalized spacial score (nSPS) is 27.8. The molecule has 0 aromatic carbocycles. The number of likely N-dealkylation sites (N-methyl/N-ethyl adjacent to an activating group) is 1. The fourth-order valence-corrected chi connectivity index (χ4v) is 5.24. The Labute approximate surface area is 171 Å². The maximum Gasteiger partial charge on any atom is 0.246 e. The van der Waals surface area contributed by atoms with Gasteiger partial charge in [0.05, 0.1) is 11.9 Å². The third-order valence-corrected chi connectivity index (χ3v) is 7.06. The zero-order valence-electron chi connectivity index (χ0n) is 17.4. The Morgan fingerprint density at radius 1 is 1.28 bits per heavy atom. The van der Waals surface area contributed by atoms with Crippen LogP contribution in [0.25, 0.3) is 0 Å². The predicted octanol–water partition coefficient (Wildman–Crippen LogP) is 2.81. The van der Waals surface area contributed by atoms with Gasteiger partial charge >= 0.3 is 0 Å². The van der Waals surface area contributed by atoms with Gasteiger partial charge in [0, 0.05) is 31.9 Å². The summed E-state index contributed by atoms with van der Waals surface area (Å²) in [6.45, 7) is 5.43. The first kappa shape index (κ1) is 18.4. The molecule has 0 saturated heterocycles. The lowest BCUT2D eigenvalue weighted by Crippen LogP contribution is -2.44. The number of rotatable bonds is 5. The van der Waals surface area contributed by atoms with E-state index in [1.165, 1.54) is 25.7 Å². The summed E-state index contributed by atoms with van der Waals surface area (Å²) in [5.41, 5.74) is 2.58. The standard InChI is InChI=1S/C21H29N7O/c1-12-18-19(27(3)13(2)20(29)25-18)26-21(24-12)22-8-15-9-23-28(10-15)11-17-7-14-4-5-16(17)6-14/h9-10,13-14,16-17H,4-8,11H2,1-3H3,(H,25,29)(H,22,24,26)/t13-,14-,16+,17-/m0/s1. The van der Waals surface area contributed by atoms with Crippen LogP contribution in [0, 0.1) is 24.7 Å². The molecule has 8 nitrogen and oxygen atoms in total. The van der Waals surface area contributed by atoms with Crippen molar-refractivity contribution in [3.05, 3.63) is 23.7 Å². The molecule has 2 N–H and O–H groups in total. The molecular weight excluding hydrogens is 366 g/mol. The molecule has 2 aliphatic carbocycles. The van der Waals surface area contributed by atoms with Crippen molar-refractivity contribution >= 4 is 23.4 Å². The van der Waals surface area contributed by atoms with Crippen LogP contribution in [0.3, 0.4) is 0 Å². The van der Waals surface area contributed by atoms with Crippen LogP contribution in [0.4, 0.5) is 17.5 Å². The van der Waals surface area contributed by atoms with Crippen LogP contribution in [-0.4, -0.2) is 38.7 Å². The van der Waals surface area contributed by atoms with E-state index in [0.717, 1.165) is 41.4 Å². The first-order valence-electron chi connectivity index (χ1n) is 10.7.